The highest BCUT2D eigenvalue weighted by atomic mass is 16.5. The number of ether oxygens (including phenoxy) is 1. The molecule has 0 spiro atoms. The number of benzene rings is 1. The number of anilines is 1. The third-order valence-corrected chi connectivity index (χ3v) is 3.51. The molecule has 98 valence electrons. The molecule has 4 heteroatoms. The van der Waals surface area contributed by atoms with E-state index >= 15 is 0 Å². The number of hydrogen-bond acceptors (Lipinski definition) is 3. The Morgan fingerprint density at radius 3 is 2.67 bits per heavy atom. The van der Waals surface area contributed by atoms with Crippen LogP contribution in [0.2, 0.25) is 0 Å². The molecule has 1 aromatic carbocycles. The van der Waals surface area contributed by atoms with E-state index in [0.29, 0.717) is 5.75 Å². The van der Waals surface area contributed by atoms with Gasteiger partial charge in [-0.2, -0.15) is 0 Å². The van der Waals surface area contributed by atoms with Gasteiger partial charge < -0.3 is 14.7 Å². The summed E-state index contributed by atoms with van der Waals surface area (Å²) in [5, 5.41) is 9.45. The molecule has 1 amide bonds. The van der Waals surface area contributed by atoms with Gasteiger partial charge in [-0.3, -0.25) is 4.79 Å². The summed E-state index contributed by atoms with van der Waals surface area (Å²) in [5.74, 6) is 0.598. The Morgan fingerprint density at radius 1 is 1.39 bits per heavy atom. The molecule has 0 bridgehead atoms. The fourth-order valence-electron chi connectivity index (χ4n) is 2.26. The number of aliphatic hydroxyl groups is 1. The first kappa shape index (κ1) is 12.9. The van der Waals surface area contributed by atoms with Crippen LogP contribution in [-0.2, 0) is 4.79 Å². The third-order valence-electron chi connectivity index (χ3n) is 3.51. The monoisotopic (exact) mass is 249 g/mol. The number of carbonyl (C=O) groups is 1. The van der Waals surface area contributed by atoms with E-state index in [2.05, 4.69) is 0 Å². The van der Waals surface area contributed by atoms with Crippen LogP contribution in [0.3, 0.4) is 0 Å². The second kappa shape index (κ2) is 4.98. The first-order chi connectivity index (χ1) is 8.56. The lowest BCUT2D eigenvalue weighted by Crippen LogP contribution is -2.50. The lowest BCUT2D eigenvalue weighted by Gasteiger charge is -2.36. The number of likely N-dealkylation sites (N-methyl/N-ethyl adjacent to an activating group) is 1. The Bertz CT molecular complexity index is 444. The van der Waals surface area contributed by atoms with Crippen LogP contribution in [-0.4, -0.2) is 30.8 Å². The van der Waals surface area contributed by atoms with E-state index in [-0.39, 0.29) is 24.3 Å². The summed E-state index contributed by atoms with van der Waals surface area (Å²) in [5.41, 5.74) is 0.777. The Hall–Kier alpha value is -1.55. The molecule has 4 nitrogen and oxygen atoms in total. The van der Waals surface area contributed by atoms with Crippen molar-refractivity contribution < 1.29 is 14.6 Å². The van der Waals surface area contributed by atoms with Crippen molar-refractivity contribution in [2.45, 2.75) is 20.0 Å². The van der Waals surface area contributed by atoms with Crippen molar-refractivity contribution in [2.24, 2.45) is 11.8 Å². The van der Waals surface area contributed by atoms with Gasteiger partial charge in [0.15, 0.2) is 6.10 Å². The van der Waals surface area contributed by atoms with Crippen molar-refractivity contribution in [1.82, 2.24) is 0 Å². The number of para-hydroxylation sites is 2. The maximum atomic E-state index is 12.3. The molecular weight excluding hydrogens is 230 g/mol. The normalized spacial score (nSPS) is 20.6. The number of rotatable bonds is 3. The lowest BCUT2D eigenvalue weighted by molar-refractivity contribution is -0.130. The van der Waals surface area contributed by atoms with Crippen LogP contribution in [0.25, 0.3) is 0 Å². The fraction of sp³-hybridized carbons (Fsp3) is 0.500. The van der Waals surface area contributed by atoms with Crippen LogP contribution < -0.4 is 9.64 Å². The number of hydrogen-bond donors (Lipinski definition) is 1. The first-order valence-electron chi connectivity index (χ1n) is 6.20. The fourth-order valence-corrected chi connectivity index (χ4v) is 2.26. The molecule has 2 rings (SSSR count). The van der Waals surface area contributed by atoms with Gasteiger partial charge in [0.2, 0.25) is 0 Å². The van der Waals surface area contributed by atoms with Gasteiger partial charge in [0.05, 0.1) is 12.3 Å². The predicted octanol–water partition coefficient (Wildman–Crippen LogP) is 1.67. The lowest BCUT2D eigenvalue weighted by atomic mass is 9.89. The molecule has 0 aliphatic carbocycles. The number of fused-ring (bicyclic) bond motifs is 1. The highest BCUT2D eigenvalue weighted by Crippen LogP contribution is 2.35. The quantitative estimate of drug-likeness (QED) is 0.886. The molecule has 0 aromatic heterocycles. The second-order valence-corrected chi connectivity index (χ2v) is 4.99. The van der Waals surface area contributed by atoms with Gasteiger partial charge in [-0.25, -0.2) is 0 Å². The molecular formula is C14H19NO3. The molecule has 1 N–H and O–H groups in total. The van der Waals surface area contributed by atoms with Crippen LogP contribution in [0.15, 0.2) is 24.3 Å². The molecule has 1 aromatic rings. The second-order valence-electron chi connectivity index (χ2n) is 4.99. The van der Waals surface area contributed by atoms with Crippen molar-refractivity contribution in [3.63, 3.8) is 0 Å². The molecule has 0 saturated heterocycles. The predicted molar refractivity (Wildman–Crippen MR) is 69.7 cm³/mol. The smallest absolute Gasteiger partial charge is 0.268 e. The highest BCUT2D eigenvalue weighted by Gasteiger charge is 2.38. The number of carbonyl (C=O) groups excluding carboxylic acids is 1. The topological polar surface area (TPSA) is 49.8 Å². The maximum absolute atomic E-state index is 12.3. The summed E-state index contributed by atoms with van der Waals surface area (Å²) in [6, 6.07) is 7.45. The zero-order valence-corrected chi connectivity index (χ0v) is 11.0. The van der Waals surface area contributed by atoms with Gasteiger partial charge in [-0.1, -0.05) is 26.0 Å². The Labute approximate surface area is 107 Å². The third kappa shape index (κ3) is 2.08. The number of aliphatic hydroxyl groups excluding tert-OH is 1. The van der Waals surface area contributed by atoms with E-state index in [1.807, 2.05) is 38.1 Å². The molecule has 1 aliphatic heterocycles. The van der Waals surface area contributed by atoms with E-state index in [4.69, 9.17) is 4.74 Å². The van der Waals surface area contributed by atoms with E-state index in [1.165, 1.54) is 0 Å². The molecule has 18 heavy (non-hydrogen) atoms. The molecule has 1 aliphatic rings. The minimum Gasteiger partial charge on any atom is -0.478 e. The van der Waals surface area contributed by atoms with E-state index < -0.39 is 6.10 Å². The SMILES string of the molecule is CC(C)C(CO)C1Oc2ccccc2N(C)C1=O. The Balaban J connectivity index is 2.34. The van der Waals surface area contributed by atoms with Gasteiger partial charge in [0.25, 0.3) is 5.91 Å². The molecule has 2 unspecified atom stereocenters. The summed E-state index contributed by atoms with van der Waals surface area (Å²) < 4.78 is 5.78. The van der Waals surface area contributed by atoms with Crippen molar-refractivity contribution in [2.75, 3.05) is 18.6 Å². The van der Waals surface area contributed by atoms with E-state index in [1.54, 1.807) is 11.9 Å². The van der Waals surface area contributed by atoms with Gasteiger partial charge in [0, 0.05) is 13.0 Å². The molecule has 1 heterocycles. The summed E-state index contributed by atoms with van der Waals surface area (Å²) in [6.07, 6.45) is -0.602. The number of amides is 1. The van der Waals surface area contributed by atoms with Crippen molar-refractivity contribution >= 4 is 11.6 Å². The first-order valence-corrected chi connectivity index (χ1v) is 6.20. The summed E-state index contributed by atoms with van der Waals surface area (Å²) in [7, 11) is 1.74. The van der Waals surface area contributed by atoms with Crippen molar-refractivity contribution in [3.8, 4) is 5.75 Å². The highest BCUT2D eigenvalue weighted by molar-refractivity contribution is 5.99. The average Bonchev–Trinajstić information content (AvgIpc) is 2.36. The minimum atomic E-state index is -0.602. The van der Waals surface area contributed by atoms with Crippen LogP contribution >= 0.6 is 0 Å². The molecule has 0 saturated carbocycles. The molecule has 0 radical (unpaired) electrons. The zero-order chi connectivity index (χ0) is 13.3. The van der Waals surface area contributed by atoms with E-state index in [9.17, 15) is 9.90 Å². The Kier molecular flexibility index (Phi) is 3.57. The van der Waals surface area contributed by atoms with Crippen molar-refractivity contribution in [1.29, 1.82) is 0 Å². The number of nitrogens with zero attached hydrogens (tertiary/aromatic N) is 1. The summed E-state index contributed by atoms with van der Waals surface area (Å²) >= 11 is 0. The zero-order valence-electron chi connectivity index (χ0n) is 11.0. The summed E-state index contributed by atoms with van der Waals surface area (Å²) in [6.45, 7) is 3.92. The van der Waals surface area contributed by atoms with Crippen molar-refractivity contribution in [3.05, 3.63) is 24.3 Å². The van der Waals surface area contributed by atoms with Gasteiger partial charge in [-0.15, -0.1) is 0 Å². The largest absolute Gasteiger partial charge is 0.478 e. The van der Waals surface area contributed by atoms with Crippen LogP contribution in [0, 0.1) is 11.8 Å². The van der Waals surface area contributed by atoms with Crippen LogP contribution in [0.4, 0.5) is 5.69 Å². The average molecular weight is 249 g/mol. The molecule has 2 atom stereocenters. The molecule has 0 fully saturated rings. The van der Waals surface area contributed by atoms with Crippen LogP contribution in [0.1, 0.15) is 13.8 Å². The van der Waals surface area contributed by atoms with Gasteiger partial charge in [-0.05, 0) is 18.1 Å². The van der Waals surface area contributed by atoms with Crippen LogP contribution in [0.5, 0.6) is 5.75 Å². The van der Waals surface area contributed by atoms with Gasteiger partial charge >= 0.3 is 0 Å². The Morgan fingerprint density at radius 2 is 2.06 bits per heavy atom. The van der Waals surface area contributed by atoms with Gasteiger partial charge in [0.1, 0.15) is 5.75 Å². The minimum absolute atomic E-state index is 0.0515. The maximum Gasteiger partial charge on any atom is 0.268 e. The summed E-state index contributed by atoms with van der Waals surface area (Å²) in [4.78, 5) is 13.9. The van der Waals surface area contributed by atoms with E-state index in [0.717, 1.165) is 5.69 Å². The standard InChI is InChI=1S/C14H19NO3/c1-9(2)10(8-16)13-14(17)15(3)11-6-4-5-7-12(11)18-13/h4-7,9-10,13,16H,8H2,1-3H3.